The second-order valence-corrected chi connectivity index (χ2v) is 7.26. The molecule has 1 aromatic carbocycles. The minimum Gasteiger partial charge on any atom is -0.494 e. The zero-order valence-electron chi connectivity index (χ0n) is 15.0. The Bertz CT molecular complexity index is 773. The van der Waals surface area contributed by atoms with Crippen LogP contribution in [0.1, 0.15) is 29.9 Å². The molecule has 2 heterocycles. The summed E-state index contributed by atoms with van der Waals surface area (Å²) in [5, 5.41) is 5.14. The molecule has 0 unspecified atom stereocenters. The highest BCUT2D eigenvalue weighted by atomic mass is 32.1. The summed E-state index contributed by atoms with van der Waals surface area (Å²) in [7, 11) is 1.38. The number of nitrogens with one attached hydrogen (secondary N) is 1. The molecule has 1 aliphatic rings. The van der Waals surface area contributed by atoms with Gasteiger partial charge < -0.3 is 9.47 Å². The molecule has 0 saturated carbocycles. The highest BCUT2D eigenvalue weighted by Gasteiger charge is 2.23. The topological polar surface area (TPSA) is 63.7 Å². The number of hydrogen-bond donors (Lipinski definition) is 1. The Balaban J connectivity index is 1.61. The van der Waals surface area contributed by atoms with Crippen molar-refractivity contribution in [1.82, 2.24) is 9.88 Å². The van der Waals surface area contributed by atoms with Gasteiger partial charge in [0.1, 0.15) is 0 Å². The lowest BCUT2D eigenvalue weighted by molar-refractivity contribution is -0.0707. The number of thiazole rings is 1. The van der Waals surface area contributed by atoms with Crippen LogP contribution >= 0.6 is 11.3 Å². The van der Waals surface area contributed by atoms with Crippen molar-refractivity contribution < 1.29 is 18.7 Å². The predicted molar refractivity (Wildman–Crippen MR) is 98.3 cm³/mol. The van der Waals surface area contributed by atoms with Crippen LogP contribution in [0.15, 0.2) is 23.6 Å². The molecule has 0 bridgehead atoms. The molecule has 140 valence electrons. The van der Waals surface area contributed by atoms with E-state index in [9.17, 15) is 9.18 Å². The van der Waals surface area contributed by atoms with Gasteiger partial charge >= 0.3 is 0 Å². The molecule has 6 nitrogen and oxygen atoms in total. The van der Waals surface area contributed by atoms with Crippen LogP contribution in [-0.2, 0) is 11.3 Å². The first-order chi connectivity index (χ1) is 12.4. The van der Waals surface area contributed by atoms with Crippen molar-refractivity contribution in [2.75, 3.05) is 25.5 Å². The van der Waals surface area contributed by atoms with Gasteiger partial charge in [0.2, 0.25) is 0 Å². The summed E-state index contributed by atoms with van der Waals surface area (Å²) >= 11 is 1.36. The molecular formula is C18H22FN3O3S. The molecule has 1 aliphatic heterocycles. The average molecular weight is 379 g/mol. The summed E-state index contributed by atoms with van der Waals surface area (Å²) in [5.74, 6) is -0.872. The van der Waals surface area contributed by atoms with Gasteiger partial charge in [-0.2, -0.15) is 0 Å². The zero-order chi connectivity index (χ0) is 18.7. The van der Waals surface area contributed by atoms with Gasteiger partial charge in [-0.15, -0.1) is 11.3 Å². The van der Waals surface area contributed by atoms with E-state index in [1.165, 1.54) is 30.6 Å². The minimum atomic E-state index is -0.574. The first kappa shape index (κ1) is 18.8. The predicted octanol–water partition coefficient (Wildman–Crippen LogP) is 3.15. The third-order valence-electron chi connectivity index (χ3n) is 4.07. The standard InChI is InChI=1S/C18H22FN3O3S/c1-11-7-22(8-12(2)25-11)9-14-10-26-18(20-14)21-17(23)13-4-5-16(24-3)15(19)6-13/h4-6,10-12H,7-9H2,1-3H3,(H,20,21,23)/t11-,12+. The summed E-state index contributed by atoms with van der Waals surface area (Å²) < 4.78 is 24.3. The molecule has 1 fully saturated rings. The monoisotopic (exact) mass is 379 g/mol. The highest BCUT2D eigenvalue weighted by Crippen LogP contribution is 2.21. The second-order valence-electron chi connectivity index (χ2n) is 6.40. The van der Waals surface area contributed by atoms with Gasteiger partial charge in [0.25, 0.3) is 5.91 Å². The minimum absolute atomic E-state index is 0.104. The number of rotatable bonds is 5. The molecule has 2 aromatic rings. The summed E-state index contributed by atoms with van der Waals surface area (Å²) in [4.78, 5) is 19.0. The number of carbonyl (C=O) groups excluding carboxylic acids is 1. The van der Waals surface area contributed by atoms with Crippen LogP contribution in [0.2, 0.25) is 0 Å². The van der Waals surface area contributed by atoms with E-state index in [1.54, 1.807) is 0 Å². The number of benzene rings is 1. The fourth-order valence-electron chi connectivity index (χ4n) is 3.06. The maximum Gasteiger partial charge on any atom is 0.257 e. The van der Waals surface area contributed by atoms with Crippen LogP contribution in [0.25, 0.3) is 0 Å². The summed E-state index contributed by atoms with van der Waals surface area (Å²) in [6.07, 6.45) is 0.392. The Labute approximate surface area is 155 Å². The molecule has 8 heteroatoms. The second kappa shape index (κ2) is 8.11. The van der Waals surface area contributed by atoms with Crippen LogP contribution < -0.4 is 10.1 Å². The number of nitrogens with zero attached hydrogens (tertiary/aromatic N) is 2. The maximum atomic E-state index is 13.7. The van der Waals surface area contributed by atoms with Gasteiger partial charge in [0, 0.05) is 30.6 Å². The number of methoxy groups -OCH3 is 1. The summed E-state index contributed by atoms with van der Waals surface area (Å²) in [5.41, 5.74) is 1.11. The molecule has 0 aliphatic carbocycles. The number of halogens is 1. The summed E-state index contributed by atoms with van der Waals surface area (Å²) in [6, 6.07) is 4.10. The van der Waals surface area contributed by atoms with E-state index in [0.717, 1.165) is 24.8 Å². The van der Waals surface area contributed by atoms with Crippen molar-refractivity contribution in [3.63, 3.8) is 0 Å². The van der Waals surface area contributed by atoms with E-state index >= 15 is 0 Å². The van der Waals surface area contributed by atoms with Gasteiger partial charge in [-0.1, -0.05) is 0 Å². The SMILES string of the molecule is COc1ccc(C(=O)Nc2nc(CN3C[C@@H](C)O[C@@H](C)C3)cs2)cc1F. The highest BCUT2D eigenvalue weighted by molar-refractivity contribution is 7.13. The Morgan fingerprint density at radius 3 is 2.81 bits per heavy atom. The number of morpholine rings is 1. The Hall–Kier alpha value is -2.03. The van der Waals surface area contributed by atoms with E-state index in [4.69, 9.17) is 9.47 Å². The number of aromatic nitrogens is 1. The third-order valence-corrected chi connectivity index (χ3v) is 4.87. The van der Waals surface area contributed by atoms with Crippen LogP contribution in [0, 0.1) is 5.82 Å². The number of amides is 1. The maximum absolute atomic E-state index is 13.7. The van der Waals surface area contributed by atoms with E-state index in [-0.39, 0.29) is 23.5 Å². The van der Waals surface area contributed by atoms with Crippen LogP contribution in [0.4, 0.5) is 9.52 Å². The Morgan fingerprint density at radius 1 is 1.42 bits per heavy atom. The first-order valence-corrected chi connectivity index (χ1v) is 9.29. The lowest BCUT2D eigenvalue weighted by Gasteiger charge is -2.34. The third kappa shape index (κ3) is 4.57. The summed E-state index contributed by atoms with van der Waals surface area (Å²) in [6.45, 7) is 6.54. The largest absolute Gasteiger partial charge is 0.494 e. The van der Waals surface area contributed by atoms with Crippen LogP contribution in [0.5, 0.6) is 5.75 Å². The van der Waals surface area contributed by atoms with Crippen LogP contribution in [0.3, 0.4) is 0 Å². The number of carbonyl (C=O) groups is 1. The van der Waals surface area contributed by atoms with Crippen molar-refractivity contribution >= 4 is 22.4 Å². The molecule has 1 saturated heterocycles. The normalized spacial score (nSPS) is 20.8. The fourth-order valence-corrected chi connectivity index (χ4v) is 3.75. The number of anilines is 1. The average Bonchev–Trinajstić information content (AvgIpc) is 3.00. The molecule has 1 amide bonds. The quantitative estimate of drug-likeness (QED) is 0.865. The molecule has 3 rings (SSSR count). The van der Waals surface area contributed by atoms with Crippen molar-refractivity contribution in [3.05, 3.63) is 40.7 Å². The molecule has 0 radical (unpaired) electrons. The Morgan fingerprint density at radius 2 is 2.15 bits per heavy atom. The van der Waals surface area contributed by atoms with Gasteiger partial charge in [0.15, 0.2) is 16.7 Å². The van der Waals surface area contributed by atoms with Gasteiger partial charge in [0.05, 0.1) is 25.0 Å². The first-order valence-electron chi connectivity index (χ1n) is 8.41. The van der Waals surface area contributed by atoms with Crippen molar-refractivity contribution in [1.29, 1.82) is 0 Å². The van der Waals surface area contributed by atoms with Gasteiger partial charge in [-0.3, -0.25) is 15.0 Å². The van der Waals surface area contributed by atoms with E-state index in [2.05, 4.69) is 29.0 Å². The van der Waals surface area contributed by atoms with E-state index < -0.39 is 11.7 Å². The Kier molecular flexibility index (Phi) is 5.85. The molecule has 2 atom stereocenters. The lowest BCUT2D eigenvalue weighted by atomic mass is 10.2. The molecular weight excluding hydrogens is 357 g/mol. The lowest BCUT2D eigenvalue weighted by Crippen LogP contribution is -2.44. The van der Waals surface area contributed by atoms with Crippen molar-refractivity contribution in [2.24, 2.45) is 0 Å². The number of hydrogen-bond acceptors (Lipinski definition) is 6. The fraction of sp³-hybridized carbons (Fsp3) is 0.444. The van der Waals surface area contributed by atoms with E-state index in [0.29, 0.717) is 11.7 Å². The molecule has 1 aromatic heterocycles. The zero-order valence-corrected chi connectivity index (χ0v) is 15.8. The molecule has 0 spiro atoms. The van der Waals surface area contributed by atoms with Crippen molar-refractivity contribution in [3.8, 4) is 5.75 Å². The van der Waals surface area contributed by atoms with Gasteiger partial charge in [-0.05, 0) is 32.0 Å². The molecule has 26 heavy (non-hydrogen) atoms. The van der Waals surface area contributed by atoms with Crippen LogP contribution in [-0.4, -0.2) is 48.2 Å². The number of ether oxygens (including phenoxy) is 2. The van der Waals surface area contributed by atoms with Gasteiger partial charge in [-0.25, -0.2) is 9.37 Å². The smallest absolute Gasteiger partial charge is 0.257 e. The van der Waals surface area contributed by atoms with Crippen molar-refractivity contribution in [2.45, 2.75) is 32.6 Å². The molecule has 1 N–H and O–H groups in total. The van der Waals surface area contributed by atoms with E-state index in [1.807, 2.05) is 5.38 Å².